The highest BCUT2D eigenvalue weighted by molar-refractivity contribution is 6.06. The number of hydrogen-bond acceptors (Lipinski definition) is 2. The fraction of sp³-hybridized carbons (Fsp3) is 0.156. The maximum atomic E-state index is 6.62. The smallest absolute Gasteiger partial charge is 0.137 e. The van der Waals surface area contributed by atoms with Crippen molar-refractivity contribution in [3.8, 4) is 33.4 Å². The van der Waals surface area contributed by atoms with Gasteiger partial charge in [-0.1, -0.05) is 205 Å². The molecule has 0 spiro atoms. The first-order valence-corrected chi connectivity index (χ1v) is 23.4. The number of nitrogens with zero attached hydrogens (tertiary/aromatic N) is 1. The van der Waals surface area contributed by atoms with Crippen molar-refractivity contribution in [2.75, 3.05) is 4.90 Å². The summed E-state index contributed by atoms with van der Waals surface area (Å²) in [6.07, 6.45) is 0. The molecule has 1 heterocycles. The van der Waals surface area contributed by atoms with Gasteiger partial charge in [0.2, 0.25) is 0 Å². The van der Waals surface area contributed by atoms with Gasteiger partial charge in [-0.25, -0.2) is 0 Å². The van der Waals surface area contributed by atoms with Gasteiger partial charge in [-0.2, -0.15) is 0 Å². The van der Waals surface area contributed by atoms with Crippen LogP contribution in [0.25, 0.3) is 55.3 Å². The third-order valence-electron chi connectivity index (χ3n) is 16.5. The number of fused-ring (bicyclic) bond motifs is 7. The number of rotatable bonds is 7. The molecule has 1 aromatic heterocycles. The van der Waals surface area contributed by atoms with Crippen LogP contribution in [0.4, 0.5) is 17.1 Å². The van der Waals surface area contributed by atoms with Crippen LogP contribution in [0.15, 0.2) is 217 Å². The second-order valence-corrected chi connectivity index (χ2v) is 20.1. The lowest BCUT2D eigenvalue weighted by Crippen LogP contribution is -2.42. The van der Waals surface area contributed by atoms with Crippen molar-refractivity contribution in [3.05, 3.63) is 246 Å². The number of benzene rings is 9. The standard InChI is InChI=1S/C64H53NO/c1-61(2)55-37-32-44(38-56(55)62(3,4)63(61,5)6)53-39-49(40-57-60(53)52-27-16-18-28-54(52)64(57,45-22-12-8-13-23-45)46-24-14-9-15-25-46)65(47-33-30-43(31-34-47)42-20-10-7-11-21-42)48-35-36-51-50-26-17-19-29-58(50)66-59(51)41-48/h7-41H,1-6H3. The lowest BCUT2D eigenvalue weighted by atomic mass is 9.59. The Labute approximate surface area is 388 Å². The van der Waals surface area contributed by atoms with E-state index in [0.29, 0.717) is 0 Å². The molecule has 0 amide bonds. The Morgan fingerprint density at radius 1 is 0.348 bits per heavy atom. The molecule has 2 nitrogen and oxygen atoms in total. The summed E-state index contributed by atoms with van der Waals surface area (Å²) in [5.74, 6) is 0. The predicted octanol–water partition coefficient (Wildman–Crippen LogP) is 17.3. The Morgan fingerprint density at radius 3 is 1.62 bits per heavy atom. The van der Waals surface area contributed by atoms with Gasteiger partial charge in [0, 0.05) is 33.9 Å². The maximum absolute atomic E-state index is 6.62. The van der Waals surface area contributed by atoms with E-state index in [0.717, 1.165) is 39.0 Å². The zero-order valence-corrected chi connectivity index (χ0v) is 38.6. The van der Waals surface area contributed by atoms with Gasteiger partial charge in [0.1, 0.15) is 11.2 Å². The molecule has 12 rings (SSSR count). The molecule has 0 aliphatic heterocycles. The molecule has 66 heavy (non-hydrogen) atoms. The molecule has 0 unspecified atom stereocenters. The van der Waals surface area contributed by atoms with Crippen molar-refractivity contribution in [3.63, 3.8) is 0 Å². The van der Waals surface area contributed by atoms with Crippen molar-refractivity contribution in [1.29, 1.82) is 0 Å². The van der Waals surface area contributed by atoms with E-state index in [1.54, 1.807) is 0 Å². The Balaban J connectivity index is 1.19. The molecule has 2 heteroatoms. The van der Waals surface area contributed by atoms with Gasteiger partial charge in [0.05, 0.1) is 5.41 Å². The second-order valence-electron chi connectivity index (χ2n) is 20.1. The normalized spacial score (nSPS) is 15.9. The van der Waals surface area contributed by atoms with E-state index < -0.39 is 5.41 Å². The van der Waals surface area contributed by atoms with Gasteiger partial charge in [0.15, 0.2) is 0 Å². The van der Waals surface area contributed by atoms with Crippen molar-refractivity contribution >= 4 is 39.0 Å². The topological polar surface area (TPSA) is 16.4 Å². The fourth-order valence-electron chi connectivity index (χ4n) is 11.9. The molecular formula is C64H53NO. The lowest BCUT2D eigenvalue weighted by molar-refractivity contribution is 0.125. The molecule has 2 aliphatic carbocycles. The second kappa shape index (κ2) is 14.5. The lowest BCUT2D eigenvalue weighted by Gasteiger charge is -2.44. The Hall–Kier alpha value is -7.42. The molecule has 0 atom stereocenters. The summed E-state index contributed by atoms with van der Waals surface area (Å²) in [7, 11) is 0. The van der Waals surface area contributed by atoms with Gasteiger partial charge in [0.25, 0.3) is 0 Å². The van der Waals surface area contributed by atoms with Crippen LogP contribution >= 0.6 is 0 Å². The fourth-order valence-corrected chi connectivity index (χ4v) is 11.9. The summed E-state index contributed by atoms with van der Waals surface area (Å²) in [5.41, 5.74) is 19.6. The van der Waals surface area contributed by atoms with Crippen LogP contribution < -0.4 is 4.90 Å². The summed E-state index contributed by atoms with van der Waals surface area (Å²) >= 11 is 0. The van der Waals surface area contributed by atoms with Crippen molar-refractivity contribution < 1.29 is 4.42 Å². The number of furan rings is 1. The summed E-state index contributed by atoms with van der Waals surface area (Å²) < 4.78 is 6.62. The maximum Gasteiger partial charge on any atom is 0.137 e. The molecule has 10 aromatic rings. The summed E-state index contributed by atoms with van der Waals surface area (Å²) in [6, 6.07) is 78.6. The molecule has 0 N–H and O–H groups in total. The van der Waals surface area contributed by atoms with Gasteiger partial charge < -0.3 is 9.32 Å². The van der Waals surface area contributed by atoms with Gasteiger partial charge in [-0.15, -0.1) is 0 Å². The van der Waals surface area contributed by atoms with Crippen LogP contribution in [0.5, 0.6) is 0 Å². The van der Waals surface area contributed by atoms with Crippen LogP contribution in [0.3, 0.4) is 0 Å². The Morgan fingerprint density at radius 2 is 0.909 bits per heavy atom. The minimum Gasteiger partial charge on any atom is -0.456 e. The number of hydrogen-bond donors (Lipinski definition) is 0. The molecule has 0 saturated heterocycles. The first-order chi connectivity index (χ1) is 32.0. The molecule has 0 radical (unpaired) electrons. The minimum absolute atomic E-state index is 0.00542. The Bertz CT molecular complexity index is 3440. The molecule has 9 aromatic carbocycles. The van der Waals surface area contributed by atoms with Crippen LogP contribution in [-0.4, -0.2) is 0 Å². The molecule has 0 bridgehead atoms. The largest absolute Gasteiger partial charge is 0.456 e. The molecule has 320 valence electrons. The van der Waals surface area contributed by atoms with Crippen molar-refractivity contribution in [2.24, 2.45) is 5.41 Å². The number of para-hydroxylation sites is 1. The average Bonchev–Trinajstić information content (AvgIpc) is 3.91. The van der Waals surface area contributed by atoms with E-state index >= 15 is 0 Å². The third kappa shape index (κ3) is 5.61. The molecule has 2 aliphatic rings. The highest BCUT2D eigenvalue weighted by Crippen LogP contribution is 2.63. The minimum atomic E-state index is -0.606. The molecular weight excluding hydrogens is 799 g/mol. The van der Waals surface area contributed by atoms with E-state index in [2.05, 4.69) is 253 Å². The van der Waals surface area contributed by atoms with Crippen LogP contribution in [0, 0.1) is 5.41 Å². The monoisotopic (exact) mass is 851 g/mol. The quantitative estimate of drug-likeness (QED) is 0.159. The van der Waals surface area contributed by atoms with Gasteiger partial charge in [-0.05, 0) is 125 Å². The summed E-state index contributed by atoms with van der Waals surface area (Å²) in [6.45, 7) is 14.7. The van der Waals surface area contributed by atoms with Crippen LogP contribution in [0.1, 0.15) is 74.9 Å². The summed E-state index contributed by atoms with van der Waals surface area (Å²) in [5, 5.41) is 2.23. The molecule has 0 fully saturated rings. The first-order valence-electron chi connectivity index (χ1n) is 23.4. The van der Waals surface area contributed by atoms with E-state index in [1.807, 2.05) is 6.07 Å². The summed E-state index contributed by atoms with van der Waals surface area (Å²) in [4.78, 5) is 2.44. The van der Waals surface area contributed by atoms with E-state index in [1.165, 1.54) is 66.8 Å². The van der Waals surface area contributed by atoms with Crippen LogP contribution in [-0.2, 0) is 16.2 Å². The zero-order valence-electron chi connectivity index (χ0n) is 38.6. The van der Waals surface area contributed by atoms with Crippen molar-refractivity contribution in [2.45, 2.75) is 57.8 Å². The highest BCUT2D eigenvalue weighted by Gasteiger charge is 2.57. The average molecular weight is 852 g/mol. The van der Waals surface area contributed by atoms with E-state index in [-0.39, 0.29) is 16.2 Å². The first kappa shape index (κ1) is 40.1. The van der Waals surface area contributed by atoms with E-state index in [9.17, 15) is 0 Å². The SMILES string of the molecule is CC1(C)c2ccc(-c3cc(N(c4ccc(-c5ccccc5)cc4)c4ccc5c(c4)oc4ccccc45)cc4c3-c3ccccc3C4(c3ccccc3)c3ccccc3)cc2C(C)(C)C1(C)C. The number of anilines is 3. The van der Waals surface area contributed by atoms with Crippen LogP contribution in [0.2, 0.25) is 0 Å². The molecule has 0 saturated carbocycles. The van der Waals surface area contributed by atoms with E-state index in [4.69, 9.17) is 4.42 Å². The highest BCUT2D eigenvalue weighted by atomic mass is 16.3. The zero-order chi connectivity index (χ0) is 45.0. The van der Waals surface area contributed by atoms with Gasteiger partial charge >= 0.3 is 0 Å². The predicted molar refractivity (Wildman–Crippen MR) is 276 cm³/mol. The van der Waals surface area contributed by atoms with Gasteiger partial charge in [-0.3, -0.25) is 0 Å². The Kier molecular flexibility index (Phi) is 8.84. The van der Waals surface area contributed by atoms with Crippen molar-refractivity contribution in [1.82, 2.24) is 0 Å². The third-order valence-corrected chi connectivity index (χ3v) is 16.5.